The fourth-order valence-corrected chi connectivity index (χ4v) is 2.57. The second kappa shape index (κ2) is 11.5. The number of ether oxygens (including phenoxy) is 2. The third-order valence-electron chi connectivity index (χ3n) is 3.70. The Balaban J connectivity index is 2.03. The summed E-state index contributed by atoms with van der Waals surface area (Å²) in [5, 5.41) is 0. The number of nitrogens with zero attached hydrogens (tertiary/aromatic N) is 4. The molecule has 0 aliphatic heterocycles. The molecule has 2 aromatic rings. The summed E-state index contributed by atoms with van der Waals surface area (Å²) in [4.78, 5) is 16.0. The molecule has 0 aliphatic rings. The van der Waals surface area contributed by atoms with E-state index in [4.69, 9.17) is 55.3 Å². The zero-order chi connectivity index (χ0) is 24.4. The topological polar surface area (TPSA) is 276 Å². The molecule has 0 amide bonds. The maximum absolute atomic E-state index is 5.77. The standard InChI is InChI=1S/C19H28N12O2/c20-16(21)28-10-2-4-14(12(8-10)30-18(24)25)32-6-1-7-33-15-5-3-11(29-17(22)23)9-13(15)31-19(26)27/h2-5,8-9H,1,6-7H2,(H4,20,21,28)(H4,22,23,29)(H4,24,25,30)(H4,26,27,31). The van der Waals surface area contributed by atoms with Gasteiger partial charge in [-0.2, -0.15) is 0 Å². The van der Waals surface area contributed by atoms with Crippen LogP contribution in [0.4, 0.5) is 22.7 Å². The first-order chi connectivity index (χ1) is 15.6. The van der Waals surface area contributed by atoms with Gasteiger partial charge in [0.05, 0.1) is 24.6 Å². The van der Waals surface area contributed by atoms with E-state index in [-0.39, 0.29) is 23.8 Å². The maximum atomic E-state index is 5.77. The Morgan fingerprint density at radius 1 is 0.545 bits per heavy atom. The van der Waals surface area contributed by atoms with Crippen molar-refractivity contribution < 1.29 is 9.47 Å². The molecule has 14 nitrogen and oxygen atoms in total. The van der Waals surface area contributed by atoms with Gasteiger partial charge in [0.15, 0.2) is 23.8 Å². The van der Waals surface area contributed by atoms with Crippen LogP contribution in [-0.2, 0) is 0 Å². The van der Waals surface area contributed by atoms with Gasteiger partial charge in [-0.15, -0.1) is 0 Å². The van der Waals surface area contributed by atoms with Crippen LogP contribution in [-0.4, -0.2) is 37.1 Å². The molecule has 14 heteroatoms. The number of nitrogens with two attached hydrogens (primary N) is 8. The normalized spacial score (nSPS) is 9.94. The first-order valence-corrected chi connectivity index (χ1v) is 9.56. The Morgan fingerprint density at radius 2 is 0.909 bits per heavy atom. The Kier molecular flexibility index (Phi) is 8.50. The van der Waals surface area contributed by atoms with E-state index in [1.54, 1.807) is 36.4 Å². The Hall–Kier alpha value is -4.88. The highest BCUT2D eigenvalue weighted by atomic mass is 16.5. The lowest BCUT2D eigenvalue weighted by Gasteiger charge is -2.12. The lowest BCUT2D eigenvalue weighted by Crippen LogP contribution is -2.22. The van der Waals surface area contributed by atoms with Crippen molar-refractivity contribution in [3.8, 4) is 11.5 Å². The second-order valence-corrected chi connectivity index (χ2v) is 6.50. The summed E-state index contributed by atoms with van der Waals surface area (Å²) < 4.78 is 11.5. The van der Waals surface area contributed by atoms with E-state index in [2.05, 4.69) is 20.0 Å². The molecule has 2 rings (SSSR count). The first-order valence-electron chi connectivity index (χ1n) is 9.56. The van der Waals surface area contributed by atoms with Crippen LogP contribution in [0.3, 0.4) is 0 Å². The van der Waals surface area contributed by atoms with Gasteiger partial charge in [0, 0.05) is 6.42 Å². The molecule has 0 aliphatic carbocycles. The summed E-state index contributed by atoms with van der Waals surface area (Å²) in [7, 11) is 0. The molecule has 0 heterocycles. The largest absolute Gasteiger partial charge is 0.491 e. The van der Waals surface area contributed by atoms with Crippen LogP contribution in [0.25, 0.3) is 0 Å². The highest BCUT2D eigenvalue weighted by Gasteiger charge is 2.08. The lowest BCUT2D eigenvalue weighted by atomic mass is 10.2. The van der Waals surface area contributed by atoms with Crippen molar-refractivity contribution in [3.63, 3.8) is 0 Å². The van der Waals surface area contributed by atoms with E-state index in [0.29, 0.717) is 53.9 Å². The van der Waals surface area contributed by atoms with Gasteiger partial charge in [-0.05, 0) is 36.4 Å². The molecule has 176 valence electrons. The molecular formula is C19H28N12O2. The number of hydrogen-bond donors (Lipinski definition) is 8. The molecular weight excluding hydrogens is 428 g/mol. The Labute approximate surface area is 190 Å². The summed E-state index contributed by atoms with van der Waals surface area (Å²) in [5.74, 6) is 0.426. The van der Waals surface area contributed by atoms with E-state index < -0.39 is 0 Å². The zero-order valence-electron chi connectivity index (χ0n) is 17.8. The molecule has 0 saturated heterocycles. The van der Waals surface area contributed by atoms with E-state index in [9.17, 15) is 0 Å². The van der Waals surface area contributed by atoms with Gasteiger partial charge < -0.3 is 55.3 Å². The average molecular weight is 457 g/mol. The minimum absolute atomic E-state index is 0.0945. The first kappa shape index (κ1) is 24.4. The smallest absolute Gasteiger partial charge is 0.191 e. The fourth-order valence-electron chi connectivity index (χ4n) is 2.57. The number of guanidine groups is 4. The summed E-state index contributed by atoms with van der Waals surface area (Å²) >= 11 is 0. The minimum atomic E-state index is -0.138. The van der Waals surface area contributed by atoms with Crippen LogP contribution in [0.15, 0.2) is 56.4 Å². The second-order valence-electron chi connectivity index (χ2n) is 6.50. The van der Waals surface area contributed by atoms with Crippen molar-refractivity contribution in [3.05, 3.63) is 36.4 Å². The molecule has 33 heavy (non-hydrogen) atoms. The monoisotopic (exact) mass is 456 g/mol. The van der Waals surface area contributed by atoms with Gasteiger partial charge in [0.2, 0.25) is 0 Å². The van der Waals surface area contributed by atoms with Gasteiger partial charge in [-0.1, -0.05) is 0 Å². The van der Waals surface area contributed by atoms with E-state index in [0.717, 1.165) is 0 Å². The molecule has 16 N–H and O–H groups in total. The number of rotatable bonds is 10. The van der Waals surface area contributed by atoms with Crippen molar-refractivity contribution in [1.29, 1.82) is 0 Å². The summed E-state index contributed by atoms with van der Waals surface area (Å²) in [6.07, 6.45) is 0.522. The van der Waals surface area contributed by atoms with E-state index in [1.165, 1.54) is 0 Å². The predicted molar refractivity (Wildman–Crippen MR) is 130 cm³/mol. The molecule has 0 aromatic heterocycles. The quantitative estimate of drug-likeness (QED) is 0.124. The van der Waals surface area contributed by atoms with Crippen LogP contribution >= 0.6 is 0 Å². The van der Waals surface area contributed by atoms with Crippen molar-refractivity contribution in [2.24, 2.45) is 65.8 Å². The highest BCUT2D eigenvalue weighted by Crippen LogP contribution is 2.33. The lowest BCUT2D eigenvalue weighted by molar-refractivity contribution is 0.248. The van der Waals surface area contributed by atoms with Crippen LogP contribution < -0.4 is 55.3 Å². The van der Waals surface area contributed by atoms with Gasteiger partial charge in [-0.3, -0.25) is 0 Å². The Morgan fingerprint density at radius 3 is 1.24 bits per heavy atom. The number of benzene rings is 2. The van der Waals surface area contributed by atoms with Crippen LogP contribution in [0.1, 0.15) is 6.42 Å². The van der Waals surface area contributed by atoms with Crippen LogP contribution in [0.5, 0.6) is 11.5 Å². The molecule has 0 bridgehead atoms. The van der Waals surface area contributed by atoms with Crippen LogP contribution in [0.2, 0.25) is 0 Å². The third-order valence-corrected chi connectivity index (χ3v) is 3.70. The molecule has 0 spiro atoms. The van der Waals surface area contributed by atoms with Crippen molar-refractivity contribution in [2.75, 3.05) is 13.2 Å². The summed E-state index contributed by atoms with van der Waals surface area (Å²) in [6, 6.07) is 9.82. The molecule has 2 aromatic carbocycles. The molecule has 0 saturated carbocycles. The van der Waals surface area contributed by atoms with Gasteiger partial charge in [0.25, 0.3) is 0 Å². The summed E-state index contributed by atoms with van der Waals surface area (Å²) in [6.45, 7) is 0.608. The van der Waals surface area contributed by atoms with Gasteiger partial charge in [0.1, 0.15) is 22.9 Å². The average Bonchev–Trinajstić information content (AvgIpc) is 2.68. The van der Waals surface area contributed by atoms with E-state index >= 15 is 0 Å². The molecule has 0 unspecified atom stereocenters. The van der Waals surface area contributed by atoms with Gasteiger partial charge in [-0.25, -0.2) is 20.0 Å². The van der Waals surface area contributed by atoms with Crippen molar-refractivity contribution in [2.45, 2.75) is 6.42 Å². The molecule has 0 fully saturated rings. The van der Waals surface area contributed by atoms with Crippen molar-refractivity contribution >= 4 is 46.6 Å². The summed E-state index contributed by atoms with van der Waals surface area (Å²) in [5.41, 5.74) is 45.3. The zero-order valence-corrected chi connectivity index (χ0v) is 17.8. The van der Waals surface area contributed by atoms with Crippen LogP contribution in [0, 0.1) is 0 Å². The third kappa shape index (κ3) is 8.41. The maximum Gasteiger partial charge on any atom is 0.191 e. The van der Waals surface area contributed by atoms with Gasteiger partial charge >= 0.3 is 0 Å². The van der Waals surface area contributed by atoms with Crippen molar-refractivity contribution in [1.82, 2.24) is 0 Å². The molecule has 0 radical (unpaired) electrons. The minimum Gasteiger partial charge on any atom is -0.491 e. The fraction of sp³-hybridized carbons (Fsp3) is 0.158. The predicted octanol–water partition coefficient (Wildman–Crippen LogP) is -0.846. The number of hydrogen-bond acceptors (Lipinski definition) is 6. The SMILES string of the molecule is NC(N)=Nc1ccc(OCCCOc2ccc(N=C(N)N)cc2N=C(N)N)c(N=C(N)N)c1. The Bertz CT molecular complexity index is 993. The molecule has 0 atom stereocenters. The highest BCUT2D eigenvalue weighted by molar-refractivity contribution is 5.83. The number of aliphatic imine (C=N–C) groups is 4. The van der Waals surface area contributed by atoms with E-state index in [1.807, 2.05) is 0 Å².